The molecule has 146 valence electrons. The average Bonchev–Trinajstić information content (AvgIpc) is 2.74. The minimum atomic E-state index is -3.54. The van der Waals surface area contributed by atoms with Crippen molar-refractivity contribution in [3.05, 3.63) is 59.7 Å². The molecule has 0 unspecified atom stereocenters. The molecule has 1 aliphatic heterocycles. The average molecular weight is 398 g/mol. The van der Waals surface area contributed by atoms with Crippen molar-refractivity contribution in [1.82, 2.24) is 4.31 Å². The molecule has 6 nitrogen and oxygen atoms in total. The third-order valence-corrected chi connectivity index (χ3v) is 6.97. The summed E-state index contributed by atoms with van der Waals surface area (Å²) >= 11 is 0. The van der Waals surface area contributed by atoms with Gasteiger partial charge >= 0.3 is 0 Å². The third-order valence-electron chi connectivity index (χ3n) is 5.05. The van der Waals surface area contributed by atoms with Crippen molar-refractivity contribution in [2.24, 2.45) is 5.92 Å². The molecular formula is C21H23N3O3S. The summed E-state index contributed by atoms with van der Waals surface area (Å²) in [4.78, 5) is 12.8. The highest BCUT2D eigenvalue weighted by molar-refractivity contribution is 7.89. The number of amides is 1. The summed E-state index contributed by atoms with van der Waals surface area (Å²) < 4.78 is 27.1. The first-order valence-electron chi connectivity index (χ1n) is 9.34. The fourth-order valence-electron chi connectivity index (χ4n) is 3.32. The van der Waals surface area contributed by atoms with Gasteiger partial charge in [0, 0.05) is 24.7 Å². The third kappa shape index (κ3) is 4.41. The molecule has 0 radical (unpaired) electrons. The van der Waals surface area contributed by atoms with E-state index in [9.17, 15) is 13.2 Å². The summed E-state index contributed by atoms with van der Waals surface area (Å²) in [5.74, 6) is -0.390. The van der Waals surface area contributed by atoms with Gasteiger partial charge in [0.1, 0.15) is 0 Å². The van der Waals surface area contributed by atoms with Gasteiger partial charge in [-0.15, -0.1) is 0 Å². The fraction of sp³-hybridized carbons (Fsp3) is 0.333. The van der Waals surface area contributed by atoms with Crippen LogP contribution in [-0.4, -0.2) is 31.7 Å². The lowest BCUT2D eigenvalue weighted by molar-refractivity contribution is -0.120. The Hall–Kier alpha value is -2.69. The van der Waals surface area contributed by atoms with Gasteiger partial charge in [-0.25, -0.2) is 8.42 Å². The zero-order valence-corrected chi connectivity index (χ0v) is 16.6. The summed E-state index contributed by atoms with van der Waals surface area (Å²) in [7, 11) is -3.54. The molecule has 0 spiro atoms. The number of nitrogens with one attached hydrogen (secondary N) is 1. The van der Waals surface area contributed by atoms with Crippen LogP contribution >= 0.6 is 0 Å². The van der Waals surface area contributed by atoms with Crippen LogP contribution in [0, 0.1) is 17.2 Å². The highest BCUT2D eigenvalue weighted by atomic mass is 32.2. The van der Waals surface area contributed by atoms with E-state index < -0.39 is 10.0 Å². The first-order valence-corrected chi connectivity index (χ1v) is 10.8. The fourth-order valence-corrected chi connectivity index (χ4v) is 4.79. The Balaban J connectivity index is 1.61. The Morgan fingerprint density at radius 2 is 1.86 bits per heavy atom. The van der Waals surface area contributed by atoms with Crippen LogP contribution in [0.25, 0.3) is 0 Å². The van der Waals surface area contributed by atoms with Crippen LogP contribution in [0.1, 0.15) is 30.9 Å². The molecule has 1 aliphatic rings. The maximum atomic E-state index is 12.8. The number of piperidine rings is 1. The molecule has 3 rings (SSSR count). The summed E-state index contributed by atoms with van der Waals surface area (Å²) in [5, 5.41) is 11.8. The minimum Gasteiger partial charge on any atom is -0.326 e. The van der Waals surface area contributed by atoms with Crippen LogP contribution in [0.15, 0.2) is 53.4 Å². The number of aryl methyl sites for hydroxylation is 1. The molecule has 1 fully saturated rings. The van der Waals surface area contributed by atoms with Crippen molar-refractivity contribution in [2.75, 3.05) is 18.4 Å². The number of carbonyl (C=O) groups excluding carboxylic acids is 1. The molecule has 1 N–H and O–H groups in total. The van der Waals surface area contributed by atoms with Gasteiger partial charge in [0.2, 0.25) is 15.9 Å². The lowest BCUT2D eigenvalue weighted by Crippen LogP contribution is -2.41. The smallest absolute Gasteiger partial charge is 0.243 e. The zero-order chi connectivity index (χ0) is 20.1. The van der Waals surface area contributed by atoms with Crippen molar-refractivity contribution >= 4 is 21.6 Å². The summed E-state index contributed by atoms with van der Waals surface area (Å²) in [6.07, 6.45) is 1.80. The van der Waals surface area contributed by atoms with E-state index in [1.807, 2.05) is 25.1 Å². The van der Waals surface area contributed by atoms with Crippen LogP contribution in [-0.2, 0) is 21.2 Å². The van der Waals surface area contributed by atoms with Crippen LogP contribution < -0.4 is 5.32 Å². The molecule has 0 bridgehead atoms. The molecule has 0 saturated carbocycles. The lowest BCUT2D eigenvalue weighted by Gasteiger charge is -2.30. The van der Waals surface area contributed by atoms with E-state index in [1.54, 1.807) is 36.4 Å². The van der Waals surface area contributed by atoms with E-state index in [0.717, 1.165) is 12.0 Å². The normalized spacial score (nSPS) is 15.7. The minimum absolute atomic E-state index is 0.139. The second kappa shape index (κ2) is 8.55. The van der Waals surface area contributed by atoms with Gasteiger partial charge in [0.05, 0.1) is 16.5 Å². The zero-order valence-electron chi connectivity index (χ0n) is 15.8. The largest absolute Gasteiger partial charge is 0.326 e. The molecule has 28 heavy (non-hydrogen) atoms. The number of benzene rings is 2. The number of hydrogen-bond acceptors (Lipinski definition) is 4. The monoisotopic (exact) mass is 397 g/mol. The van der Waals surface area contributed by atoms with E-state index in [0.29, 0.717) is 42.1 Å². The van der Waals surface area contributed by atoms with Gasteiger partial charge in [0.15, 0.2) is 0 Å². The van der Waals surface area contributed by atoms with Crippen molar-refractivity contribution < 1.29 is 13.2 Å². The van der Waals surface area contributed by atoms with Crippen molar-refractivity contribution in [2.45, 2.75) is 31.1 Å². The number of nitrogens with zero attached hydrogens (tertiary/aromatic N) is 2. The first kappa shape index (κ1) is 20.1. The Morgan fingerprint density at radius 3 is 2.46 bits per heavy atom. The van der Waals surface area contributed by atoms with E-state index in [4.69, 9.17) is 5.26 Å². The Labute approximate surface area is 165 Å². The van der Waals surface area contributed by atoms with Crippen LogP contribution in [0.5, 0.6) is 0 Å². The SMILES string of the molecule is CCc1ccc(S(=O)(=O)N2CCC(C(=O)Nc3cccc(C#N)c3)CC2)cc1. The second-order valence-electron chi connectivity index (χ2n) is 6.86. The number of anilines is 1. The predicted octanol–water partition coefficient (Wildman–Crippen LogP) is 3.16. The van der Waals surface area contributed by atoms with Gasteiger partial charge in [-0.3, -0.25) is 4.79 Å². The number of rotatable bonds is 5. The van der Waals surface area contributed by atoms with Crippen molar-refractivity contribution in [3.8, 4) is 6.07 Å². The number of nitriles is 1. The molecule has 1 saturated heterocycles. The Bertz CT molecular complexity index is 986. The van der Waals surface area contributed by atoms with Crippen LogP contribution in [0.4, 0.5) is 5.69 Å². The molecule has 0 aromatic heterocycles. The van der Waals surface area contributed by atoms with Gasteiger partial charge in [-0.2, -0.15) is 9.57 Å². The molecule has 2 aromatic rings. The molecule has 7 heteroatoms. The Morgan fingerprint density at radius 1 is 1.18 bits per heavy atom. The maximum Gasteiger partial charge on any atom is 0.243 e. The Kier molecular flexibility index (Phi) is 6.12. The number of hydrogen-bond donors (Lipinski definition) is 1. The summed E-state index contributed by atoms with van der Waals surface area (Å²) in [6.45, 7) is 2.65. The van der Waals surface area contributed by atoms with Crippen LogP contribution in [0.3, 0.4) is 0 Å². The highest BCUT2D eigenvalue weighted by Gasteiger charge is 2.32. The first-order chi connectivity index (χ1) is 13.4. The molecular weight excluding hydrogens is 374 g/mol. The predicted molar refractivity (Wildman–Crippen MR) is 107 cm³/mol. The van der Waals surface area contributed by atoms with E-state index in [2.05, 4.69) is 5.32 Å². The molecule has 0 atom stereocenters. The number of sulfonamides is 1. The van der Waals surface area contributed by atoms with Gasteiger partial charge in [-0.05, 0) is 55.2 Å². The second-order valence-corrected chi connectivity index (χ2v) is 8.80. The topological polar surface area (TPSA) is 90.3 Å². The standard InChI is InChI=1S/C21H23N3O3S/c1-2-16-6-8-20(9-7-16)28(26,27)24-12-10-18(11-13-24)21(25)23-19-5-3-4-17(14-19)15-22/h3-9,14,18H,2,10-13H2,1H3,(H,23,25). The van der Waals surface area contributed by atoms with Gasteiger partial charge in [-0.1, -0.05) is 25.1 Å². The maximum absolute atomic E-state index is 12.8. The highest BCUT2D eigenvalue weighted by Crippen LogP contribution is 2.25. The van der Waals surface area contributed by atoms with Gasteiger partial charge < -0.3 is 5.32 Å². The molecule has 1 amide bonds. The molecule has 0 aliphatic carbocycles. The molecule has 1 heterocycles. The molecule has 2 aromatic carbocycles. The summed E-state index contributed by atoms with van der Waals surface area (Å²) in [6, 6.07) is 15.8. The van der Waals surface area contributed by atoms with Crippen LogP contribution in [0.2, 0.25) is 0 Å². The lowest BCUT2D eigenvalue weighted by atomic mass is 9.97. The van der Waals surface area contributed by atoms with Crippen molar-refractivity contribution in [3.63, 3.8) is 0 Å². The quantitative estimate of drug-likeness (QED) is 0.839. The number of carbonyl (C=O) groups is 1. The summed E-state index contributed by atoms with van der Waals surface area (Å²) in [5.41, 5.74) is 2.15. The van der Waals surface area contributed by atoms with E-state index >= 15 is 0 Å². The van der Waals surface area contributed by atoms with Crippen molar-refractivity contribution in [1.29, 1.82) is 5.26 Å². The van der Waals surface area contributed by atoms with E-state index in [1.165, 1.54) is 4.31 Å². The van der Waals surface area contributed by atoms with Gasteiger partial charge in [0.25, 0.3) is 0 Å². The van der Waals surface area contributed by atoms with E-state index in [-0.39, 0.29) is 11.8 Å².